The Bertz CT molecular complexity index is 656. The molecule has 0 aliphatic carbocycles. The van der Waals surface area contributed by atoms with Gasteiger partial charge in [0.05, 0.1) is 5.69 Å². The summed E-state index contributed by atoms with van der Waals surface area (Å²) in [7, 11) is 1.37. The van der Waals surface area contributed by atoms with E-state index in [1.165, 1.54) is 11.9 Å². The number of rotatable bonds is 2. The maximum atomic E-state index is 12.8. The van der Waals surface area contributed by atoms with Crippen molar-refractivity contribution in [2.24, 2.45) is 0 Å². The third-order valence-electron chi connectivity index (χ3n) is 4.10. The molecule has 0 saturated carbocycles. The van der Waals surface area contributed by atoms with Crippen LogP contribution in [0.3, 0.4) is 0 Å². The van der Waals surface area contributed by atoms with Gasteiger partial charge in [-0.1, -0.05) is 0 Å². The number of likely N-dealkylation sites (tertiary alicyclic amines) is 1. The normalized spacial score (nSPS) is 22.9. The first-order chi connectivity index (χ1) is 10.6. The summed E-state index contributed by atoms with van der Waals surface area (Å²) in [6.45, 7) is 3.39. The molecule has 128 valence electrons. The topological polar surface area (TPSA) is 78.1 Å². The van der Waals surface area contributed by atoms with Crippen LogP contribution in [0.1, 0.15) is 34.7 Å². The average Bonchev–Trinajstić information content (AvgIpc) is 2.41. The van der Waals surface area contributed by atoms with Gasteiger partial charge in [0.25, 0.3) is 11.5 Å². The predicted octanol–water partition coefficient (Wildman–Crippen LogP) is 1.14. The highest BCUT2D eigenvalue weighted by Crippen LogP contribution is 2.30. The molecular formula is C14H19F3N4O2. The lowest BCUT2D eigenvalue weighted by atomic mass is 9.98. The lowest BCUT2D eigenvalue weighted by Crippen LogP contribution is -2.55. The Kier molecular flexibility index (Phi) is 4.79. The predicted molar refractivity (Wildman–Crippen MR) is 77.3 cm³/mol. The Hall–Kier alpha value is -1.90. The number of aryl methyl sites for hydroxylation is 2. The van der Waals surface area contributed by atoms with Gasteiger partial charge in [-0.05, 0) is 33.7 Å². The molecule has 2 atom stereocenters. The minimum atomic E-state index is -4.28. The van der Waals surface area contributed by atoms with Crippen molar-refractivity contribution >= 4 is 5.91 Å². The summed E-state index contributed by atoms with van der Waals surface area (Å²) >= 11 is 0. The molecule has 0 aromatic carbocycles. The van der Waals surface area contributed by atoms with Crippen molar-refractivity contribution in [2.75, 3.05) is 13.6 Å². The maximum Gasteiger partial charge on any atom is 0.404 e. The summed E-state index contributed by atoms with van der Waals surface area (Å²) in [5.74, 6) is -0.668. The van der Waals surface area contributed by atoms with Crippen molar-refractivity contribution in [3.05, 3.63) is 27.4 Å². The van der Waals surface area contributed by atoms with E-state index >= 15 is 0 Å². The van der Waals surface area contributed by atoms with Crippen LogP contribution in [0, 0.1) is 13.8 Å². The van der Waals surface area contributed by atoms with Crippen LogP contribution in [0.4, 0.5) is 13.2 Å². The van der Waals surface area contributed by atoms with E-state index in [1.807, 2.05) is 0 Å². The Labute approximate surface area is 131 Å². The summed E-state index contributed by atoms with van der Waals surface area (Å²) in [5.41, 5.74) is 0.209. The van der Waals surface area contributed by atoms with Crippen LogP contribution in [0.2, 0.25) is 0 Å². The number of hydrogen-bond donors (Lipinski definition) is 2. The van der Waals surface area contributed by atoms with Crippen LogP contribution in [0.25, 0.3) is 0 Å². The van der Waals surface area contributed by atoms with Gasteiger partial charge in [-0.3, -0.25) is 14.5 Å². The fraction of sp³-hybridized carbons (Fsp3) is 0.643. The number of aromatic nitrogens is 2. The number of piperidine rings is 1. The van der Waals surface area contributed by atoms with Crippen LogP contribution < -0.4 is 10.9 Å². The SMILES string of the molecule is Cc1nc(C(=O)N[C@H]2CC[C@@H](C(F)(F)F)N(C)C2)c(=O)[nH]c1C. The van der Waals surface area contributed by atoms with E-state index in [0.29, 0.717) is 11.4 Å². The standard InChI is InChI=1S/C14H19F3N4O2/c1-7-8(2)19-12(22)11(18-7)13(23)20-9-4-5-10(14(15,16)17)21(3)6-9/h9-10H,4-6H2,1-3H3,(H,19,22)(H,20,23)/t9-,10-/m0/s1. The van der Waals surface area contributed by atoms with Crippen molar-refractivity contribution in [1.29, 1.82) is 0 Å². The largest absolute Gasteiger partial charge is 0.404 e. The second-order valence-electron chi connectivity index (χ2n) is 5.87. The first kappa shape index (κ1) is 17.5. The number of halogens is 3. The number of H-pyrrole nitrogens is 1. The Morgan fingerprint density at radius 1 is 1.35 bits per heavy atom. The fourth-order valence-electron chi connectivity index (χ4n) is 2.71. The lowest BCUT2D eigenvalue weighted by molar-refractivity contribution is -0.188. The average molecular weight is 332 g/mol. The fourth-order valence-corrected chi connectivity index (χ4v) is 2.71. The van der Waals surface area contributed by atoms with Gasteiger partial charge in [-0.25, -0.2) is 4.98 Å². The highest BCUT2D eigenvalue weighted by Gasteiger charge is 2.45. The summed E-state index contributed by atoms with van der Waals surface area (Å²) in [4.78, 5) is 31.6. The van der Waals surface area contributed by atoms with Crippen LogP contribution in [0.15, 0.2) is 4.79 Å². The summed E-state index contributed by atoms with van der Waals surface area (Å²) < 4.78 is 38.4. The molecule has 2 heterocycles. The first-order valence-corrected chi connectivity index (χ1v) is 7.25. The Morgan fingerprint density at radius 3 is 2.57 bits per heavy atom. The second kappa shape index (κ2) is 6.31. The highest BCUT2D eigenvalue weighted by atomic mass is 19.4. The molecular weight excluding hydrogens is 313 g/mol. The Morgan fingerprint density at radius 2 is 2.00 bits per heavy atom. The van der Waals surface area contributed by atoms with E-state index in [1.54, 1.807) is 13.8 Å². The first-order valence-electron chi connectivity index (χ1n) is 7.25. The lowest BCUT2D eigenvalue weighted by Gasteiger charge is -2.38. The minimum absolute atomic E-state index is 0.0681. The maximum absolute atomic E-state index is 12.8. The molecule has 1 aromatic heterocycles. The molecule has 1 fully saturated rings. The van der Waals surface area contributed by atoms with Crippen molar-refractivity contribution in [3.8, 4) is 0 Å². The molecule has 1 aliphatic heterocycles. The number of alkyl halides is 3. The summed E-state index contributed by atoms with van der Waals surface area (Å²) in [5, 5.41) is 2.59. The Balaban J connectivity index is 2.05. The third-order valence-corrected chi connectivity index (χ3v) is 4.10. The second-order valence-corrected chi connectivity index (χ2v) is 5.87. The van der Waals surface area contributed by atoms with Crippen molar-refractivity contribution in [2.45, 2.75) is 44.9 Å². The molecule has 1 aliphatic rings. The van der Waals surface area contributed by atoms with E-state index < -0.39 is 29.7 Å². The zero-order valence-electron chi connectivity index (χ0n) is 13.1. The number of likely N-dealkylation sites (N-methyl/N-ethyl adjacent to an activating group) is 1. The molecule has 2 N–H and O–H groups in total. The molecule has 0 bridgehead atoms. The van der Waals surface area contributed by atoms with E-state index in [0.717, 1.165) is 0 Å². The molecule has 0 unspecified atom stereocenters. The monoisotopic (exact) mass is 332 g/mol. The van der Waals surface area contributed by atoms with Crippen LogP contribution in [-0.2, 0) is 0 Å². The summed E-state index contributed by atoms with van der Waals surface area (Å²) in [6, 6.07) is -1.95. The molecule has 0 radical (unpaired) electrons. The zero-order chi connectivity index (χ0) is 17.4. The molecule has 1 amide bonds. The molecule has 0 spiro atoms. The quantitative estimate of drug-likeness (QED) is 0.851. The van der Waals surface area contributed by atoms with Crippen molar-refractivity contribution in [1.82, 2.24) is 20.2 Å². The van der Waals surface area contributed by atoms with Gasteiger partial charge in [0.15, 0.2) is 5.69 Å². The zero-order valence-corrected chi connectivity index (χ0v) is 13.1. The van der Waals surface area contributed by atoms with Gasteiger partial charge in [-0.15, -0.1) is 0 Å². The van der Waals surface area contributed by atoms with E-state index in [-0.39, 0.29) is 25.1 Å². The molecule has 9 heteroatoms. The van der Waals surface area contributed by atoms with Crippen LogP contribution in [-0.4, -0.2) is 52.6 Å². The van der Waals surface area contributed by atoms with Gasteiger partial charge in [0.1, 0.15) is 6.04 Å². The number of nitrogens with one attached hydrogen (secondary N) is 2. The smallest absolute Gasteiger partial charge is 0.346 e. The number of carbonyl (C=O) groups is 1. The molecule has 2 rings (SSSR count). The number of amides is 1. The molecule has 6 nitrogen and oxygen atoms in total. The number of hydrogen-bond acceptors (Lipinski definition) is 4. The van der Waals surface area contributed by atoms with Crippen LogP contribution in [0.5, 0.6) is 0 Å². The van der Waals surface area contributed by atoms with Gasteiger partial charge in [0, 0.05) is 18.3 Å². The van der Waals surface area contributed by atoms with Crippen molar-refractivity contribution < 1.29 is 18.0 Å². The van der Waals surface area contributed by atoms with Crippen LogP contribution >= 0.6 is 0 Å². The van der Waals surface area contributed by atoms with Gasteiger partial charge in [0.2, 0.25) is 0 Å². The summed E-state index contributed by atoms with van der Waals surface area (Å²) in [6.07, 6.45) is -4.18. The number of nitrogens with zero attached hydrogens (tertiary/aromatic N) is 2. The minimum Gasteiger partial charge on any atom is -0.346 e. The molecule has 1 aromatic rings. The number of carbonyl (C=O) groups excluding carboxylic acids is 1. The van der Waals surface area contributed by atoms with Gasteiger partial charge in [-0.2, -0.15) is 13.2 Å². The van der Waals surface area contributed by atoms with Gasteiger partial charge < -0.3 is 10.3 Å². The van der Waals surface area contributed by atoms with Gasteiger partial charge >= 0.3 is 6.18 Å². The number of aromatic amines is 1. The molecule has 23 heavy (non-hydrogen) atoms. The van der Waals surface area contributed by atoms with Crippen molar-refractivity contribution in [3.63, 3.8) is 0 Å². The molecule has 1 saturated heterocycles. The van der Waals surface area contributed by atoms with E-state index in [4.69, 9.17) is 0 Å². The third kappa shape index (κ3) is 3.90. The van der Waals surface area contributed by atoms with E-state index in [9.17, 15) is 22.8 Å². The highest BCUT2D eigenvalue weighted by molar-refractivity contribution is 5.92. The van der Waals surface area contributed by atoms with E-state index in [2.05, 4.69) is 15.3 Å².